The van der Waals surface area contributed by atoms with Crippen LogP contribution in [0.5, 0.6) is 0 Å². The first-order chi connectivity index (χ1) is 8.08. The molecule has 0 bridgehead atoms. The fourth-order valence-electron chi connectivity index (χ4n) is 1.41. The summed E-state index contributed by atoms with van der Waals surface area (Å²) in [5.41, 5.74) is 0.597. The number of nitrogens with zero attached hydrogens (tertiary/aromatic N) is 4. The van der Waals surface area contributed by atoms with Crippen molar-refractivity contribution >= 4 is 11.5 Å². The van der Waals surface area contributed by atoms with Gasteiger partial charge in [0.05, 0.1) is 11.9 Å². The van der Waals surface area contributed by atoms with E-state index in [4.69, 9.17) is 0 Å². The molecule has 0 amide bonds. The van der Waals surface area contributed by atoms with E-state index in [0.29, 0.717) is 5.82 Å². The maximum absolute atomic E-state index is 11.7. The highest BCUT2D eigenvalue weighted by Crippen LogP contribution is 2.12. The SMILES string of the molecule is CC(C)n1cc(Nc2nccn(C)c2=O)cn1. The third-order valence-electron chi connectivity index (χ3n) is 2.41. The lowest BCUT2D eigenvalue weighted by atomic mass is 10.4. The second-order valence-corrected chi connectivity index (χ2v) is 4.12. The van der Waals surface area contributed by atoms with Gasteiger partial charge in [0.2, 0.25) is 0 Å². The first-order valence-electron chi connectivity index (χ1n) is 5.40. The van der Waals surface area contributed by atoms with Crippen LogP contribution >= 0.6 is 0 Å². The van der Waals surface area contributed by atoms with Gasteiger partial charge in [0.1, 0.15) is 0 Å². The van der Waals surface area contributed by atoms with Crippen LogP contribution in [-0.2, 0) is 7.05 Å². The lowest BCUT2D eigenvalue weighted by molar-refractivity contribution is 0.532. The number of rotatable bonds is 3. The fraction of sp³-hybridized carbons (Fsp3) is 0.364. The topological polar surface area (TPSA) is 64.7 Å². The van der Waals surface area contributed by atoms with Crippen molar-refractivity contribution in [1.82, 2.24) is 19.3 Å². The summed E-state index contributed by atoms with van der Waals surface area (Å²) in [6.45, 7) is 4.08. The summed E-state index contributed by atoms with van der Waals surface area (Å²) in [5.74, 6) is 0.304. The molecule has 0 saturated carbocycles. The standard InChI is InChI=1S/C11H15N5O/c1-8(2)16-7-9(6-13-16)14-10-11(17)15(3)5-4-12-10/h4-8H,1-3H3,(H,12,14). The van der Waals surface area contributed by atoms with Gasteiger partial charge in [-0.25, -0.2) is 4.98 Å². The van der Waals surface area contributed by atoms with E-state index in [-0.39, 0.29) is 11.6 Å². The number of nitrogens with one attached hydrogen (secondary N) is 1. The molecule has 17 heavy (non-hydrogen) atoms. The Balaban J connectivity index is 2.26. The van der Waals surface area contributed by atoms with Crippen LogP contribution in [0.1, 0.15) is 19.9 Å². The zero-order chi connectivity index (χ0) is 12.4. The highest BCUT2D eigenvalue weighted by atomic mass is 16.1. The van der Waals surface area contributed by atoms with Gasteiger partial charge in [0.25, 0.3) is 5.56 Å². The zero-order valence-electron chi connectivity index (χ0n) is 10.1. The minimum absolute atomic E-state index is 0.162. The molecule has 0 radical (unpaired) electrons. The summed E-state index contributed by atoms with van der Waals surface area (Å²) < 4.78 is 3.29. The highest BCUT2D eigenvalue weighted by molar-refractivity contribution is 5.52. The molecule has 2 aromatic heterocycles. The molecule has 6 nitrogen and oxygen atoms in total. The molecule has 1 N–H and O–H groups in total. The summed E-state index contributed by atoms with van der Waals surface area (Å²) in [5, 5.41) is 7.14. The van der Waals surface area contributed by atoms with Crippen molar-refractivity contribution in [2.24, 2.45) is 7.05 Å². The van der Waals surface area contributed by atoms with Gasteiger partial charge < -0.3 is 9.88 Å². The second-order valence-electron chi connectivity index (χ2n) is 4.12. The Morgan fingerprint density at radius 1 is 1.41 bits per heavy atom. The van der Waals surface area contributed by atoms with E-state index in [0.717, 1.165) is 5.69 Å². The molecule has 2 aromatic rings. The molecule has 0 atom stereocenters. The maximum atomic E-state index is 11.7. The monoisotopic (exact) mass is 233 g/mol. The van der Waals surface area contributed by atoms with Crippen molar-refractivity contribution in [2.45, 2.75) is 19.9 Å². The Bertz CT molecular complexity index is 569. The van der Waals surface area contributed by atoms with E-state index in [1.165, 1.54) is 4.57 Å². The molecule has 90 valence electrons. The van der Waals surface area contributed by atoms with E-state index in [2.05, 4.69) is 15.4 Å². The van der Waals surface area contributed by atoms with E-state index in [9.17, 15) is 4.79 Å². The van der Waals surface area contributed by atoms with Crippen LogP contribution in [0.2, 0.25) is 0 Å². The molecular weight excluding hydrogens is 218 g/mol. The molecule has 6 heteroatoms. The Labute approximate surface area is 98.9 Å². The summed E-state index contributed by atoms with van der Waals surface area (Å²) in [6, 6.07) is 0.289. The quantitative estimate of drug-likeness (QED) is 0.867. The van der Waals surface area contributed by atoms with Crippen molar-refractivity contribution < 1.29 is 0 Å². The van der Waals surface area contributed by atoms with Gasteiger partial charge >= 0.3 is 0 Å². The lowest BCUT2D eigenvalue weighted by Gasteiger charge is -2.04. The number of anilines is 2. The van der Waals surface area contributed by atoms with Gasteiger partial charge in [-0.05, 0) is 13.8 Å². The van der Waals surface area contributed by atoms with Crippen molar-refractivity contribution in [1.29, 1.82) is 0 Å². The van der Waals surface area contributed by atoms with Gasteiger partial charge in [-0.2, -0.15) is 5.10 Å². The van der Waals surface area contributed by atoms with E-state index >= 15 is 0 Å². The first-order valence-corrected chi connectivity index (χ1v) is 5.40. The van der Waals surface area contributed by atoms with Crippen LogP contribution in [0.15, 0.2) is 29.6 Å². The largest absolute Gasteiger partial charge is 0.333 e. The van der Waals surface area contributed by atoms with Crippen molar-refractivity contribution in [3.63, 3.8) is 0 Å². The van der Waals surface area contributed by atoms with Gasteiger partial charge in [0, 0.05) is 31.7 Å². The number of hydrogen-bond acceptors (Lipinski definition) is 4. The smallest absolute Gasteiger partial charge is 0.293 e. The normalized spacial score (nSPS) is 10.8. The van der Waals surface area contributed by atoms with Crippen LogP contribution < -0.4 is 10.9 Å². The zero-order valence-corrected chi connectivity index (χ0v) is 10.1. The van der Waals surface area contributed by atoms with Crippen molar-refractivity contribution in [3.8, 4) is 0 Å². The van der Waals surface area contributed by atoms with E-state index in [1.54, 1.807) is 25.6 Å². The molecular formula is C11H15N5O. The van der Waals surface area contributed by atoms with Gasteiger partial charge in [-0.15, -0.1) is 0 Å². The molecule has 2 rings (SSSR count). The Morgan fingerprint density at radius 3 is 2.82 bits per heavy atom. The van der Waals surface area contributed by atoms with Gasteiger partial charge in [-0.3, -0.25) is 9.48 Å². The first kappa shape index (κ1) is 11.4. The Kier molecular flexibility index (Phi) is 2.95. The summed E-state index contributed by atoms with van der Waals surface area (Å²) in [7, 11) is 1.69. The third-order valence-corrected chi connectivity index (χ3v) is 2.41. The van der Waals surface area contributed by atoms with Crippen molar-refractivity contribution in [2.75, 3.05) is 5.32 Å². The predicted octanol–water partition coefficient (Wildman–Crippen LogP) is 1.30. The van der Waals surface area contributed by atoms with Crippen LogP contribution in [0.4, 0.5) is 11.5 Å². The second kappa shape index (κ2) is 4.40. The highest BCUT2D eigenvalue weighted by Gasteiger charge is 2.05. The van der Waals surface area contributed by atoms with Crippen LogP contribution in [0, 0.1) is 0 Å². The van der Waals surface area contributed by atoms with Gasteiger partial charge in [-0.1, -0.05) is 0 Å². The van der Waals surface area contributed by atoms with Crippen LogP contribution in [0.25, 0.3) is 0 Å². The van der Waals surface area contributed by atoms with E-state index in [1.807, 2.05) is 24.7 Å². The Morgan fingerprint density at radius 2 is 2.18 bits per heavy atom. The molecule has 0 saturated heterocycles. The van der Waals surface area contributed by atoms with Crippen molar-refractivity contribution in [3.05, 3.63) is 35.1 Å². The predicted molar refractivity (Wildman–Crippen MR) is 65.4 cm³/mol. The molecule has 0 aliphatic carbocycles. The maximum Gasteiger partial charge on any atom is 0.293 e. The third kappa shape index (κ3) is 2.35. The minimum Gasteiger partial charge on any atom is -0.333 e. The molecule has 0 unspecified atom stereocenters. The van der Waals surface area contributed by atoms with Crippen LogP contribution in [0.3, 0.4) is 0 Å². The minimum atomic E-state index is -0.162. The number of aryl methyl sites for hydroxylation is 1. The molecule has 2 heterocycles. The van der Waals surface area contributed by atoms with E-state index < -0.39 is 0 Å². The summed E-state index contributed by atoms with van der Waals surface area (Å²) in [6.07, 6.45) is 6.72. The molecule has 0 spiro atoms. The average Bonchev–Trinajstić information content (AvgIpc) is 2.73. The number of hydrogen-bond donors (Lipinski definition) is 1. The average molecular weight is 233 g/mol. The molecule has 0 aliphatic rings. The fourth-order valence-corrected chi connectivity index (χ4v) is 1.41. The Hall–Kier alpha value is -2.11. The molecule has 0 aliphatic heterocycles. The van der Waals surface area contributed by atoms with Crippen LogP contribution in [-0.4, -0.2) is 19.3 Å². The molecule has 0 aromatic carbocycles. The van der Waals surface area contributed by atoms with Gasteiger partial charge in [0.15, 0.2) is 5.82 Å². The molecule has 0 fully saturated rings. The number of aromatic nitrogens is 4. The lowest BCUT2D eigenvalue weighted by Crippen LogP contribution is -2.20. The summed E-state index contributed by atoms with van der Waals surface area (Å²) >= 11 is 0. The summed E-state index contributed by atoms with van der Waals surface area (Å²) in [4.78, 5) is 15.7.